The van der Waals surface area contributed by atoms with E-state index in [9.17, 15) is 4.79 Å². The molecule has 1 aliphatic rings. The van der Waals surface area contributed by atoms with Gasteiger partial charge in [-0.05, 0) is 37.3 Å². The Balaban J connectivity index is 2.02. The minimum atomic E-state index is 0.258. The molecule has 0 atom stereocenters. The number of hydrogen-bond acceptors (Lipinski definition) is 3. The highest BCUT2D eigenvalue weighted by molar-refractivity contribution is 7.99. The summed E-state index contributed by atoms with van der Waals surface area (Å²) in [6.45, 7) is 4.84. The Morgan fingerprint density at radius 1 is 1.27 bits per heavy atom. The van der Waals surface area contributed by atoms with Crippen molar-refractivity contribution in [3.05, 3.63) is 0 Å². The van der Waals surface area contributed by atoms with Gasteiger partial charge in [-0.2, -0.15) is 11.8 Å². The molecule has 2 N–H and O–H groups in total. The van der Waals surface area contributed by atoms with Crippen molar-refractivity contribution in [1.82, 2.24) is 10.6 Å². The molecule has 0 aromatic heterocycles. The van der Waals surface area contributed by atoms with Crippen LogP contribution in [0.2, 0.25) is 0 Å². The van der Waals surface area contributed by atoms with E-state index in [1.165, 1.54) is 0 Å². The summed E-state index contributed by atoms with van der Waals surface area (Å²) in [6.07, 6.45) is 3.26. The summed E-state index contributed by atoms with van der Waals surface area (Å²) in [5, 5.41) is 6.28. The van der Waals surface area contributed by atoms with Crippen molar-refractivity contribution in [2.24, 2.45) is 5.92 Å². The molecule has 3 nitrogen and oxygen atoms in total. The number of carbonyl (C=O) groups excluding carboxylic acids is 1. The van der Waals surface area contributed by atoms with E-state index in [1.54, 1.807) is 0 Å². The quantitative estimate of drug-likeness (QED) is 0.675. The Kier molecular flexibility index (Phi) is 6.85. The maximum Gasteiger partial charge on any atom is 0.223 e. The van der Waals surface area contributed by atoms with Gasteiger partial charge in [0.05, 0.1) is 0 Å². The molecular weight excluding hydrogens is 208 g/mol. The lowest BCUT2D eigenvalue weighted by molar-refractivity contribution is -0.125. The molecule has 0 aromatic carbocycles. The molecule has 15 heavy (non-hydrogen) atoms. The van der Waals surface area contributed by atoms with E-state index < -0.39 is 0 Å². The first-order valence-corrected chi connectivity index (χ1v) is 7.06. The van der Waals surface area contributed by atoms with Gasteiger partial charge in [-0.1, -0.05) is 6.92 Å². The van der Waals surface area contributed by atoms with E-state index in [4.69, 9.17) is 0 Å². The lowest BCUT2D eigenvalue weighted by Gasteiger charge is -2.20. The molecule has 0 aromatic rings. The minimum Gasteiger partial charge on any atom is -0.355 e. The van der Waals surface area contributed by atoms with E-state index in [2.05, 4.69) is 17.6 Å². The first-order valence-electron chi connectivity index (χ1n) is 5.90. The van der Waals surface area contributed by atoms with Crippen molar-refractivity contribution in [3.63, 3.8) is 0 Å². The van der Waals surface area contributed by atoms with Gasteiger partial charge < -0.3 is 10.6 Å². The molecule has 4 heteroatoms. The number of carbonyl (C=O) groups is 1. The van der Waals surface area contributed by atoms with Gasteiger partial charge in [0.25, 0.3) is 0 Å². The standard InChI is InChI=1S/C11H22N2OS/c1-2-5-12-6-7-13-11(14)10-3-8-15-9-4-10/h10,12H,2-9H2,1H3,(H,13,14). The van der Waals surface area contributed by atoms with Crippen molar-refractivity contribution in [3.8, 4) is 0 Å². The van der Waals surface area contributed by atoms with E-state index in [1.807, 2.05) is 11.8 Å². The van der Waals surface area contributed by atoms with Crippen LogP contribution in [0.15, 0.2) is 0 Å². The van der Waals surface area contributed by atoms with Gasteiger partial charge in [-0.3, -0.25) is 4.79 Å². The molecular formula is C11H22N2OS. The Labute approximate surface area is 96.8 Å². The molecule has 1 saturated heterocycles. The van der Waals surface area contributed by atoms with Crippen LogP contribution in [-0.4, -0.2) is 37.0 Å². The predicted octanol–water partition coefficient (Wildman–Crippen LogP) is 1.25. The normalized spacial score (nSPS) is 17.7. The van der Waals surface area contributed by atoms with Crippen molar-refractivity contribution < 1.29 is 4.79 Å². The van der Waals surface area contributed by atoms with Gasteiger partial charge in [-0.15, -0.1) is 0 Å². The zero-order valence-electron chi connectivity index (χ0n) is 9.55. The second-order valence-electron chi connectivity index (χ2n) is 3.93. The predicted molar refractivity (Wildman–Crippen MR) is 66.2 cm³/mol. The van der Waals surface area contributed by atoms with Gasteiger partial charge in [0, 0.05) is 19.0 Å². The zero-order chi connectivity index (χ0) is 10.9. The molecule has 0 saturated carbocycles. The molecule has 1 heterocycles. The fourth-order valence-corrected chi connectivity index (χ4v) is 2.79. The van der Waals surface area contributed by atoms with E-state index >= 15 is 0 Å². The van der Waals surface area contributed by atoms with Crippen LogP contribution >= 0.6 is 11.8 Å². The number of amides is 1. The topological polar surface area (TPSA) is 41.1 Å². The zero-order valence-corrected chi connectivity index (χ0v) is 10.4. The highest BCUT2D eigenvalue weighted by atomic mass is 32.2. The Morgan fingerprint density at radius 3 is 2.67 bits per heavy atom. The number of hydrogen-bond donors (Lipinski definition) is 2. The molecule has 1 fully saturated rings. The largest absolute Gasteiger partial charge is 0.355 e. The van der Waals surface area contributed by atoms with Crippen LogP contribution in [0.4, 0.5) is 0 Å². The molecule has 1 rings (SSSR count). The molecule has 88 valence electrons. The maximum absolute atomic E-state index is 11.7. The third-order valence-corrected chi connectivity index (χ3v) is 3.67. The van der Waals surface area contributed by atoms with Crippen LogP contribution in [0, 0.1) is 5.92 Å². The van der Waals surface area contributed by atoms with Crippen LogP contribution < -0.4 is 10.6 Å². The summed E-state index contributed by atoms with van der Waals surface area (Å²) in [5.41, 5.74) is 0. The average molecular weight is 230 g/mol. The van der Waals surface area contributed by atoms with E-state index in [0.29, 0.717) is 0 Å². The van der Waals surface area contributed by atoms with E-state index in [0.717, 1.165) is 50.4 Å². The van der Waals surface area contributed by atoms with Crippen LogP contribution in [0.25, 0.3) is 0 Å². The van der Waals surface area contributed by atoms with Crippen molar-refractivity contribution >= 4 is 17.7 Å². The Bertz CT molecular complexity index is 181. The minimum absolute atomic E-state index is 0.258. The lowest BCUT2D eigenvalue weighted by atomic mass is 10.0. The molecule has 0 unspecified atom stereocenters. The van der Waals surface area contributed by atoms with Crippen molar-refractivity contribution in [1.29, 1.82) is 0 Å². The summed E-state index contributed by atoms with van der Waals surface area (Å²) in [4.78, 5) is 11.7. The Hall–Kier alpha value is -0.220. The highest BCUT2D eigenvalue weighted by Gasteiger charge is 2.20. The number of thioether (sulfide) groups is 1. The van der Waals surface area contributed by atoms with Gasteiger partial charge >= 0.3 is 0 Å². The summed E-state index contributed by atoms with van der Waals surface area (Å²) in [5.74, 6) is 2.82. The van der Waals surface area contributed by atoms with Crippen LogP contribution in [0.3, 0.4) is 0 Å². The molecule has 1 aliphatic heterocycles. The van der Waals surface area contributed by atoms with Crippen LogP contribution in [0.5, 0.6) is 0 Å². The fourth-order valence-electron chi connectivity index (χ4n) is 1.68. The summed E-state index contributed by atoms with van der Waals surface area (Å²) in [6, 6.07) is 0. The van der Waals surface area contributed by atoms with Gasteiger partial charge in [0.2, 0.25) is 5.91 Å². The number of nitrogens with one attached hydrogen (secondary N) is 2. The molecule has 0 aliphatic carbocycles. The monoisotopic (exact) mass is 230 g/mol. The fraction of sp³-hybridized carbons (Fsp3) is 0.909. The van der Waals surface area contributed by atoms with Crippen LogP contribution in [-0.2, 0) is 4.79 Å². The lowest BCUT2D eigenvalue weighted by Crippen LogP contribution is -2.37. The first kappa shape index (κ1) is 12.8. The molecule has 0 spiro atoms. The SMILES string of the molecule is CCCNCCNC(=O)C1CCSCC1. The third kappa shape index (κ3) is 5.42. The number of rotatable bonds is 6. The second-order valence-corrected chi connectivity index (χ2v) is 5.15. The molecule has 1 amide bonds. The third-order valence-electron chi connectivity index (χ3n) is 2.62. The van der Waals surface area contributed by atoms with E-state index in [-0.39, 0.29) is 11.8 Å². The maximum atomic E-state index is 11.7. The summed E-state index contributed by atoms with van der Waals surface area (Å²) in [7, 11) is 0. The summed E-state index contributed by atoms with van der Waals surface area (Å²) < 4.78 is 0. The van der Waals surface area contributed by atoms with Crippen LogP contribution in [0.1, 0.15) is 26.2 Å². The molecule has 0 radical (unpaired) electrons. The Morgan fingerprint density at radius 2 is 2.00 bits per heavy atom. The van der Waals surface area contributed by atoms with Crippen molar-refractivity contribution in [2.45, 2.75) is 26.2 Å². The first-order chi connectivity index (χ1) is 7.34. The highest BCUT2D eigenvalue weighted by Crippen LogP contribution is 2.22. The average Bonchev–Trinajstić information content (AvgIpc) is 2.30. The van der Waals surface area contributed by atoms with Gasteiger partial charge in [0.15, 0.2) is 0 Å². The van der Waals surface area contributed by atoms with Gasteiger partial charge in [0.1, 0.15) is 0 Å². The molecule has 0 bridgehead atoms. The smallest absolute Gasteiger partial charge is 0.223 e. The van der Waals surface area contributed by atoms with Crippen molar-refractivity contribution in [2.75, 3.05) is 31.1 Å². The summed E-state index contributed by atoms with van der Waals surface area (Å²) >= 11 is 1.96. The second kappa shape index (κ2) is 7.99. The van der Waals surface area contributed by atoms with Gasteiger partial charge in [-0.25, -0.2) is 0 Å².